The zero-order valence-electron chi connectivity index (χ0n) is 10.9. The third kappa shape index (κ3) is 2.67. The minimum atomic E-state index is -3.78. The van der Waals surface area contributed by atoms with Crippen molar-refractivity contribution in [3.8, 4) is 0 Å². The largest absolute Gasteiger partial charge is 0.389 e. The van der Waals surface area contributed by atoms with E-state index in [9.17, 15) is 13.2 Å². The lowest BCUT2D eigenvalue weighted by Crippen LogP contribution is -2.50. The van der Waals surface area contributed by atoms with E-state index in [0.29, 0.717) is 12.1 Å². The Labute approximate surface area is 123 Å². The second-order valence-electron chi connectivity index (χ2n) is 4.51. The van der Waals surface area contributed by atoms with Crippen molar-refractivity contribution < 1.29 is 13.2 Å². The molecule has 0 spiro atoms. The first kappa shape index (κ1) is 14.9. The third-order valence-corrected chi connectivity index (χ3v) is 5.32. The van der Waals surface area contributed by atoms with E-state index in [4.69, 9.17) is 18.0 Å². The van der Waals surface area contributed by atoms with Crippen LogP contribution in [0.4, 0.5) is 0 Å². The maximum atomic E-state index is 12.6. The Balaban J connectivity index is 2.41. The molecule has 1 saturated heterocycles. The van der Waals surface area contributed by atoms with Crippen molar-refractivity contribution in [1.82, 2.24) is 9.21 Å². The first-order valence-electron chi connectivity index (χ1n) is 5.97. The summed E-state index contributed by atoms with van der Waals surface area (Å²) in [5.74, 6) is -0.229. The zero-order chi connectivity index (χ0) is 14.9. The lowest BCUT2D eigenvalue weighted by Gasteiger charge is -2.31. The molecule has 2 rings (SSSR count). The van der Waals surface area contributed by atoms with Crippen LogP contribution < -0.4 is 5.73 Å². The Kier molecular flexibility index (Phi) is 4.07. The molecule has 0 aromatic heterocycles. The van der Waals surface area contributed by atoms with Crippen LogP contribution in [0, 0.1) is 0 Å². The molecule has 108 valence electrons. The van der Waals surface area contributed by atoms with Gasteiger partial charge in [0.2, 0.25) is 15.9 Å². The SMILES string of the molecule is CN1CCN(S(=O)(=O)c2ccccc2C(N)=S)CC1=O. The van der Waals surface area contributed by atoms with Crippen LogP contribution in [0.5, 0.6) is 0 Å². The molecular formula is C12H15N3O3S2. The molecule has 0 radical (unpaired) electrons. The molecule has 1 aliphatic heterocycles. The van der Waals surface area contributed by atoms with Crippen molar-refractivity contribution in [2.45, 2.75) is 4.90 Å². The van der Waals surface area contributed by atoms with E-state index >= 15 is 0 Å². The molecule has 1 aliphatic rings. The Bertz CT molecular complexity index is 658. The molecule has 0 aliphatic carbocycles. The number of hydrogen-bond donors (Lipinski definition) is 1. The van der Waals surface area contributed by atoms with Crippen LogP contribution in [-0.2, 0) is 14.8 Å². The highest BCUT2D eigenvalue weighted by atomic mass is 32.2. The van der Waals surface area contributed by atoms with Crippen LogP contribution in [-0.4, -0.2) is 55.2 Å². The molecule has 1 amide bonds. The van der Waals surface area contributed by atoms with Crippen LogP contribution >= 0.6 is 12.2 Å². The van der Waals surface area contributed by atoms with Gasteiger partial charge in [-0.05, 0) is 6.07 Å². The number of carbonyl (C=O) groups is 1. The van der Waals surface area contributed by atoms with Gasteiger partial charge in [-0.3, -0.25) is 4.79 Å². The first-order chi connectivity index (χ1) is 9.34. The molecule has 1 aromatic rings. The molecule has 0 atom stereocenters. The molecule has 8 heteroatoms. The van der Waals surface area contributed by atoms with E-state index in [-0.39, 0.29) is 28.9 Å². The van der Waals surface area contributed by atoms with Crippen molar-refractivity contribution >= 4 is 33.1 Å². The maximum absolute atomic E-state index is 12.6. The monoisotopic (exact) mass is 313 g/mol. The third-order valence-electron chi connectivity index (χ3n) is 3.19. The molecule has 2 N–H and O–H groups in total. The van der Waals surface area contributed by atoms with Gasteiger partial charge in [-0.1, -0.05) is 30.4 Å². The number of piperazine rings is 1. The summed E-state index contributed by atoms with van der Waals surface area (Å²) in [5.41, 5.74) is 5.86. The quantitative estimate of drug-likeness (QED) is 0.780. The van der Waals surface area contributed by atoms with Gasteiger partial charge in [0.25, 0.3) is 0 Å². The molecule has 0 saturated carbocycles. The number of rotatable bonds is 3. The maximum Gasteiger partial charge on any atom is 0.244 e. The number of nitrogens with two attached hydrogens (primary N) is 1. The predicted molar refractivity (Wildman–Crippen MR) is 78.7 cm³/mol. The van der Waals surface area contributed by atoms with E-state index in [2.05, 4.69) is 0 Å². The van der Waals surface area contributed by atoms with Crippen LogP contribution in [0.15, 0.2) is 29.2 Å². The first-order valence-corrected chi connectivity index (χ1v) is 7.82. The highest BCUT2D eigenvalue weighted by Crippen LogP contribution is 2.21. The number of carbonyl (C=O) groups excluding carboxylic acids is 1. The average Bonchev–Trinajstić information content (AvgIpc) is 2.41. The van der Waals surface area contributed by atoms with Gasteiger partial charge in [0.15, 0.2) is 0 Å². The smallest absolute Gasteiger partial charge is 0.244 e. The second-order valence-corrected chi connectivity index (χ2v) is 6.86. The molecule has 6 nitrogen and oxygen atoms in total. The summed E-state index contributed by atoms with van der Waals surface area (Å²) in [6.45, 7) is 0.466. The van der Waals surface area contributed by atoms with Crippen molar-refractivity contribution in [3.63, 3.8) is 0 Å². The molecule has 0 bridgehead atoms. The Hall–Kier alpha value is -1.51. The Morgan fingerprint density at radius 1 is 1.30 bits per heavy atom. The van der Waals surface area contributed by atoms with Gasteiger partial charge >= 0.3 is 0 Å². The fourth-order valence-corrected chi connectivity index (χ4v) is 3.81. The van der Waals surface area contributed by atoms with Gasteiger partial charge in [-0.25, -0.2) is 8.42 Å². The highest BCUT2D eigenvalue weighted by Gasteiger charge is 2.32. The summed E-state index contributed by atoms with van der Waals surface area (Å²) in [7, 11) is -2.13. The van der Waals surface area contributed by atoms with Crippen molar-refractivity contribution in [3.05, 3.63) is 29.8 Å². The minimum Gasteiger partial charge on any atom is -0.389 e. The number of nitrogens with zero attached hydrogens (tertiary/aromatic N) is 2. The summed E-state index contributed by atoms with van der Waals surface area (Å²) in [4.78, 5) is 13.2. The molecule has 1 heterocycles. The van der Waals surface area contributed by atoms with Gasteiger partial charge in [-0.15, -0.1) is 0 Å². The molecule has 0 unspecified atom stereocenters. The van der Waals surface area contributed by atoms with Crippen LogP contribution in [0.25, 0.3) is 0 Å². The zero-order valence-corrected chi connectivity index (χ0v) is 12.6. The summed E-state index contributed by atoms with van der Waals surface area (Å²) in [6.07, 6.45) is 0. The van der Waals surface area contributed by atoms with E-state index in [1.807, 2.05) is 0 Å². The molecule has 1 aromatic carbocycles. The van der Waals surface area contributed by atoms with Crippen molar-refractivity contribution in [2.75, 3.05) is 26.7 Å². The lowest BCUT2D eigenvalue weighted by molar-refractivity contribution is -0.132. The number of likely N-dealkylation sites (N-methyl/N-ethyl adjacent to an activating group) is 1. The van der Waals surface area contributed by atoms with Crippen LogP contribution in [0.2, 0.25) is 0 Å². The Morgan fingerprint density at radius 2 is 1.95 bits per heavy atom. The fraction of sp³-hybridized carbons (Fsp3) is 0.333. The summed E-state index contributed by atoms with van der Waals surface area (Å²) in [6, 6.07) is 6.29. The second kappa shape index (κ2) is 5.47. The summed E-state index contributed by atoms with van der Waals surface area (Å²) >= 11 is 4.88. The number of benzene rings is 1. The van der Waals surface area contributed by atoms with Crippen LogP contribution in [0.3, 0.4) is 0 Å². The van der Waals surface area contributed by atoms with Gasteiger partial charge < -0.3 is 10.6 Å². The lowest BCUT2D eigenvalue weighted by atomic mass is 10.2. The normalized spacial score (nSPS) is 17.2. The topological polar surface area (TPSA) is 83.7 Å². The predicted octanol–water partition coefficient (Wildman–Crippen LogP) is -0.216. The van der Waals surface area contributed by atoms with E-state index < -0.39 is 10.0 Å². The van der Waals surface area contributed by atoms with Gasteiger partial charge in [0.1, 0.15) is 4.99 Å². The number of amides is 1. The summed E-state index contributed by atoms with van der Waals surface area (Å²) in [5, 5.41) is 0. The van der Waals surface area contributed by atoms with E-state index in [0.717, 1.165) is 4.31 Å². The van der Waals surface area contributed by atoms with E-state index in [1.54, 1.807) is 25.2 Å². The molecule has 20 heavy (non-hydrogen) atoms. The minimum absolute atomic E-state index is 0.0182. The number of thiocarbonyl (C=S) groups is 1. The van der Waals surface area contributed by atoms with Crippen molar-refractivity contribution in [1.29, 1.82) is 0 Å². The standard InChI is InChI=1S/C12H15N3O3S2/c1-14-6-7-15(8-11(14)16)20(17,18)10-5-3-2-4-9(10)12(13)19/h2-5H,6-8H2,1H3,(H2,13,19). The van der Waals surface area contributed by atoms with E-state index in [1.165, 1.54) is 11.0 Å². The average molecular weight is 313 g/mol. The number of hydrogen-bond acceptors (Lipinski definition) is 4. The van der Waals surface area contributed by atoms with Gasteiger partial charge in [0.05, 0.1) is 11.4 Å². The highest BCUT2D eigenvalue weighted by molar-refractivity contribution is 7.89. The Morgan fingerprint density at radius 3 is 2.55 bits per heavy atom. The fourth-order valence-electron chi connectivity index (χ4n) is 1.98. The number of sulfonamides is 1. The molecular weight excluding hydrogens is 298 g/mol. The van der Waals surface area contributed by atoms with Crippen LogP contribution in [0.1, 0.15) is 5.56 Å². The van der Waals surface area contributed by atoms with Crippen molar-refractivity contribution in [2.24, 2.45) is 5.73 Å². The molecule has 1 fully saturated rings. The van der Waals surface area contributed by atoms with Gasteiger partial charge in [0, 0.05) is 25.7 Å². The van der Waals surface area contributed by atoms with Gasteiger partial charge in [-0.2, -0.15) is 4.31 Å². The summed E-state index contributed by atoms with van der Waals surface area (Å²) < 4.78 is 26.4.